The fraction of sp³-hybridized carbons (Fsp3) is 0.500. The minimum absolute atomic E-state index is 0.000288. The van der Waals surface area contributed by atoms with Crippen LogP contribution >= 0.6 is 0 Å². The third-order valence-electron chi connectivity index (χ3n) is 2.97. The van der Waals surface area contributed by atoms with E-state index in [0.717, 1.165) is 0 Å². The van der Waals surface area contributed by atoms with E-state index < -0.39 is 11.8 Å². The number of carbonyl (C=O) groups excluding carboxylic acids is 1. The molecule has 0 saturated heterocycles. The number of benzene rings is 1. The number of aliphatic hydroxyl groups is 1. The van der Waals surface area contributed by atoms with E-state index >= 15 is 0 Å². The molecule has 5 nitrogen and oxygen atoms in total. The van der Waals surface area contributed by atoms with Crippen LogP contribution in [0.1, 0.15) is 20.3 Å². The predicted octanol–water partition coefficient (Wildman–Crippen LogP) is 2.36. The molecular formula is C14H21FN2O3. The average Bonchev–Trinajstić information content (AvgIpc) is 2.38. The molecule has 0 bridgehead atoms. The molecule has 0 heterocycles. The lowest BCUT2D eigenvalue weighted by atomic mass is 10.0. The second-order valence-electron chi connectivity index (χ2n) is 4.81. The van der Waals surface area contributed by atoms with E-state index in [2.05, 4.69) is 10.6 Å². The van der Waals surface area contributed by atoms with Gasteiger partial charge in [-0.3, -0.25) is 0 Å². The van der Waals surface area contributed by atoms with Crippen molar-refractivity contribution >= 4 is 11.7 Å². The molecule has 20 heavy (non-hydrogen) atoms. The van der Waals surface area contributed by atoms with Gasteiger partial charge >= 0.3 is 6.03 Å². The molecule has 1 unspecified atom stereocenters. The molecule has 0 aliphatic rings. The zero-order valence-electron chi connectivity index (χ0n) is 11.9. The van der Waals surface area contributed by atoms with E-state index in [1.54, 1.807) is 6.07 Å². The number of halogens is 1. The van der Waals surface area contributed by atoms with E-state index in [9.17, 15) is 9.18 Å². The number of urea groups is 1. The topological polar surface area (TPSA) is 70.6 Å². The summed E-state index contributed by atoms with van der Waals surface area (Å²) >= 11 is 0. The van der Waals surface area contributed by atoms with Crippen LogP contribution in [0.15, 0.2) is 18.2 Å². The molecule has 2 amide bonds. The highest BCUT2D eigenvalue weighted by molar-refractivity contribution is 5.89. The second-order valence-corrected chi connectivity index (χ2v) is 4.81. The molecule has 0 aliphatic heterocycles. The number of aliphatic hydroxyl groups excluding tert-OH is 1. The maximum atomic E-state index is 13.5. The molecule has 1 aromatic carbocycles. The van der Waals surface area contributed by atoms with Crippen LogP contribution < -0.4 is 15.4 Å². The standard InChI is InChI=1S/C14H21FN2O3/c1-9(2)12(6-7-18)17-14(19)16-10-4-5-13(20-3)11(15)8-10/h4-5,8-9,12,18H,6-7H2,1-3H3,(H2,16,17,19). The van der Waals surface area contributed by atoms with Crippen molar-refractivity contribution in [2.45, 2.75) is 26.3 Å². The van der Waals surface area contributed by atoms with Crippen molar-refractivity contribution < 1.29 is 19.0 Å². The van der Waals surface area contributed by atoms with Crippen molar-refractivity contribution in [3.63, 3.8) is 0 Å². The summed E-state index contributed by atoms with van der Waals surface area (Å²) < 4.78 is 18.3. The van der Waals surface area contributed by atoms with Gasteiger partial charge in [0.05, 0.1) is 7.11 Å². The lowest BCUT2D eigenvalue weighted by Crippen LogP contribution is -2.41. The van der Waals surface area contributed by atoms with Gasteiger partial charge in [0.2, 0.25) is 0 Å². The molecule has 0 saturated carbocycles. The molecule has 0 aliphatic carbocycles. The van der Waals surface area contributed by atoms with Gasteiger partial charge in [-0.25, -0.2) is 9.18 Å². The summed E-state index contributed by atoms with van der Waals surface area (Å²) in [5, 5.41) is 14.2. The smallest absolute Gasteiger partial charge is 0.319 e. The Hall–Kier alpha value is -1.82. The first kappa shape index (κ1) is 16.2. The minimum atomic E-state index is -0.541. The number of hydrogen-bond acceptors (Lipinski definition) is 3. The second kappa shape index (κ2) is 7.69. The van der Waals surface area contributed by atoms with Gasteiger partial charge in [-0.15, -0.1) is 0 Å². The number of carbonyl (C=O) groups is 1. The van der Waals surface area contributed by atoms with Crippen LogP contribution in [0.25, 0.3) is 0 Å². The van der Waals surface area contributed by atoms with Gasteiger partial charge in [0.15, 0.2) is 11.6 Å². The molecule has 0 aromatic heterocycles. The number of rotatable bonds is 6. The quantitative estimate of drug-likeness (QED) is 0.751. The lowest BCUT2D eigenvalue weighted by Gasteiger charge is -2.21. The van der Waals surface area contributed by atoms with Gasteiger partial charge in [0.1, 0.15) is 0 Å². The molecule has 0 radical (unpaired) electrons. The van der Waals surface area contributed by atoms with Crippen LogP contribution in [0.4, 0.5) is 14.9 Å². The molecule has 3 N–H and O–H groups in total. The fourth-order valence-corrected chi connectivity index (χ4v) is 1.79. The molecule has 112 valence electrons. The zero-order valence-corrected chi connectivity index (χ0v) is 11.9. The molecule has 0 fully saturated rings. The van der Waals surface area contributed by atoms with Gasteiger partial charge in [-0.1, -0.05) is 13.8 Å². The largest absolute Gasteiger partial charge is 0.494 e. The highest BCUT2D eigenvalue weighted by Crippen LogP contribution is 2.20. The first-order chi connectivity index (χ1) is 9.47. The predicted molar refractivity (Wildman–Crippen MR) is 75.4 cm³/mol. The first-order valence-electron chi connectivity index (χ1n) is 6.49. The monoisotopic (exact) mass is 284 g/mol. The molecule has 0 spiro atoms. The van der Waals surface area contributed by atoms with Gasteiger partial charge in [-0.2, -0.15) is 0 Å². The van der Waals surface area contributed by atoms with Crippen molar-refractivity contribution in [1.82, 2.24) is 5.32 Å². The van der Waals surface area contributed by atoms with Gasteiger partial charge in [0.25, 0.3) is 0 Å². The van der Waals surface area contributed by atoms with Crippen molar-refractivity contribution in [1.29, 1.82) is 0 Å². The first-order valence-corrected chi connectivity index (χ1v) is 6.49. The third kappa shape index (κ3) is 4.70. The normalized spacial score (nSPS) is 12.1. The number of anilines is 1. The van der Waals surface area contributed by atoms with Crippen molar-refractivity contribution in [3.05, 3.63) is 24.0 Å². The number of methoxy groups -OCH3 is 1. The highest BCUT2D eigenvalue weighted by atomic mass is 19.1. The van der Waals surface area contributed by atoms with Crippen molar-refractivity contribution in [2.75, 3.05) is 19.0 Å². The summed E-state index contributed by atoms with van der Waals surface area (Å²) in [5.74, 6) is -0.224. The molecule has 1 atom stereocenters. The SMILES string of the molecule is COc1ccc(NC(=O)NC(CCO)C(C)C)cc1F. The lowest BCUT2D eigenvalue weighted by molar-refractivity contribution is 0.227. The molecular weight excluding hydrogens is 263 g/mol. The van der Waals surface area contributed by atoms with Crippen molar-refractivity contribution in [2.24, 2.45) is 5.92 Å². The molecule has 6 heteroatoms. The Bertz CT molecular complexity index is 452. The van der Waals surface area contributed by atoms with Gasteiger partial charge < -0.3 is 20.5 Å². The Morgan fingerprint density at radius 1 is 1.45 bits per heavy atom. The number of nitrogens with one attached hydrogen (secondary N) is 2. The summed E-state index contributed by atoms with van der Waals surface area (Å²) in [5.41, 5.74) is 0.340. The van der Waals surface area contributed by atoms with E-state index in [0.29, 0.717) is 12.1 Å². The van der Waals surface area contributed by atoms with E-state index in [-0.39, 0.29) is 24.3 Å². The highest BCUT2D eigenvalue weighted by Gasteiger charge is 2.15. The fourth-order valence-electron chi connectivity index (χ4n) is 1.79. The molecule has 1 aromatic rings. The summed E-state index contributed by atoms with van der Waals surface area (Å²) in [6, 6.07) is 3.62. The van der Waals surface area contributed by atoms with Gasteiger partial charge in [-0.05, 0) is 24.5 Å². The summed E-state index contributed by atoms with van der Waals surface area (Å²) in [7, 11) is 1.38. The Labute approximate surface area is 118 Å². The Morgan fingerprint density at radius 3 is 2.65 bits per heavy atom. The van der Waals surface area contributed by atoms with Crippen LogP contribution in [0.5, 0.6) is 5.75 Å². The maximum Gasteiger partial charge on any atom is 0.319 e. The number of amides is 2. The molecule has 1 rings (SSSR count). The number of hydrogen-bond donors (Lipinski definition) is 3. The van der Waals surface area contributed by atoms with Crippen LogP contribution in [0.3, 0.4) is 0 Å². The van der Waals surface area contributed by atoms with Crippen molar-refractivity contribution in [3.8, 4) is 5.75 Å². The van der Waals surface area contributed by atoms with Crippen LogP contribution in [0, 0.1) is 11.7 Å². The van der Waals surface area contributed by atoms with Crippen LogP contribution in [0.2, 0.25) is 0 Å². The van der Waals surface area contributed by atoms with E-state index in [1.165, 1.54) is 19.2 Å². The number of ether oxygens (including phenoxy) is 1. The van der Waals surface area contributed by atoms with Gasteiger partial charge in [0, 0.05) is 24.4 Å². The Balaban J connectivity index is 2.63. The Kier molecular flexibility index (Phi) is 6.24. The van der Waals surface area contributed by atoms with E-state index in [1.807, 2.05) is 13.8 Å². The Morgan fingerprint density at radius 2 is 2.15 bits per heavy atom. The van der Waals surface area contributed by atoms with Crippen LogP contribution in [-0.4, -0.2) is 30.9 Å². The summed E-state index contributed by atoms with van der Waals surface area (Å²) in [6.07, 6.45) is 0.474. The zero-order chi connectivity index (χ0) is 15.1. The summed E-state index contributed by atoms with van der Waals surface area (Å²) in [4.78, 5) is 11.8. The van der Waals surface area contributed by atoms with Crippen LogP contribution in [-0.2, 0) is 0 Å². The summed E-state index contributed by atoms with van der Waals surface area (Å²) in [6.45, 7) is 3.90. The minimum Gasteiger partial charge on any atom is -0.494 e. The third-order valence-corrected chi connectivity index (χ3v) is 2.97. The van der Waals surface area contributed by atoms with E-state index in [4.69, 9.17) is 9.84 Å². The average molecular weight is 284 g/mol. The maximum absolute atomic E-state index is 13.5.